The summed E-state index contributed by atoms with van der Waals surface area (Å²) in [5.41, 5.74) is 0.996. The predicted molar refractivity (Wildman–Crippen MR) is 81.0 cm³/mol. The zero-order valence-electron chi connectivity index (χ0n) is 12.5. The number of aryl methyl sites for hydroxylation is 1. The minimum absolute atomic E-state index is 0.00112. The number of carbonyl (C=O) groups excluding carboxylic acids is 1. The molecule has 1 amide bonds. The first kappa shape index (κ1) is 14.5. The molecule has 1 aromatic heterocycles. The fourth-order valence-electron chi connectivity index (χ4n) is 2.42. The van der Waals surface area contributed by atoms with E-state index in [2.05, 4.69) is 5.32 Å². The van der Waals surface area contributed by atoms with E-state index in [1.54, 1.807) is 6.26 Å². The van der Waals surface area contributed by atoms with E-state index >= 15 is 0 Å². The smallest absolute Gasteiger partial charge is 0.220 e. The van der Waals surface area contributed by atoms with Gasteiger partial charge in [0, 0.05) is 12.8 Å². The van der Waals surface area contributed by atoms with Gasteiger partial charge < -0.3 is 19.2 Å². The highest BCUT2D eigenvalue weighted by atomic mass is 16.6. The summed E-state index contributed by atoms with van der Waals surface area (Å²) in [6, 6.07) is 9.37. The lowest BCUT2D eigenvalue weighted by molar-refractivity contribution is -0.121. The summed E-state index contributed by atoms with van der Waals surface area (Å²) < 4.78 is 16.3. The average Bonchev–Trinajstić information content (AvgIpc) is 3.06. The Labute approximate surface area is 129 Å². The van der Waals surface area contributed by atoms with Gasteiger partial charge in [0.2, 0.25) is 5.91 Å². The number of fused-ring (bicyclic) bond motifs is 1. The van der Waals surface area contributed by atoms with Crippen molar-refractivity contribution in [2.24, 2.45) is 0 Å². The van der Waals surface area contributed by atoms with E-state index in [9.17, 15) is 4.79 Å². The van der Waals surface area contributed by atoms with Crippen molar-refractivity contribution >= 4 is 5.91 Å². The van der Waals surface area contributed by atoms with Gasteiger partial charge in [0.25, 0.3) is 0 Å². The lowest BCUT2D eigenvalue weighted by Crippen LogP contribution is -2.27. The molecule has 5 nitrogen and oxygen atoms in total. The largest absolute Gasteiger partial charge is 0.486 e. The van der Waals surface area contributed by atoms with E-state index in [0.29, 0.717) is 26.1 Å². The molecule has 0 spiro atoms. The van der Waals surface area contributed by atoms with Gasteiger partial charge in [-0.25, -0.2) is 0 Å². The quantitative estimate of drug-likeness (QED) is 0.922. The number of carbonyl (C=O) groups is 1. The van der Waals surface area contributed by atoms with Gasteiger partial charge in [-0.05, 0) is 36.8 Å². The first-order valence-electron chi connectivity index (χ1n) is 7.43. The van der Waals surface area contributed by atoms with Gasteiger partial charge in [-0.1, -0.05) is 6.07 Å². The van der Waals surface area contributed by atoms with Crippen LogP contribution in [0.2, 0.25) is 0 Å². The predicted octanol–water partition coefficient (Wildman–Crippen LogP) is 2.86. The van der Waals surface area contributed by atoms with Crippen molar-refractivity contribution in [3.8, 4) is 11.5 Å². The maximum Gasteiger partial charge on any atom is 0.220 e. The number of furan rings is 1. The van der Waals surface area contributed by atoms with Crippen LogP contribution in [0.3, 0.4) is 0 Å². The van der Waals surface area contributed by atoms with Crippen LogP contribution in [0.5, 0.6) is 11.5 Å². The summed E-state index contributed by atoms with van der Waals surface area (Å²) >= 11 is 0. The molecule has 1 atom stereocenters. The van der Waals surface area contributed by atoms with Crippen LogP contribution in [0.25, 0.3) is 0 Å². The van der Waals surface area contributed by atoms with Crippen LogP contribution in [0.1, 0.15) is 30.7 Å². The van der Waals surface area contributed by atoms with Crippen molar-refractivity contribution in [2.45, 2.75) is 25.8 Å². The van der Waals surface area contributed by atoms with Gasteiger partial charge in [-0.15, -0.1) is 0 Å². The molecule has 0 saturated carbocycles. The summed E-state index contributed by atoms with van der Waals surface area (Å²) in [6.45, 7) is 3.09. The fraction of sp³-hybridized carbons (Fsp3) is 0.353. The van der Waals surface area contributed by atoms with E-state index in [0.717, 1.165) is 22.8 Å². The van der Waals surface area contributed by atoms with Gasteiger partial charge in [0.05, 0.1) is 12.3 Å². The van der Waals surface area contributed by atoms with E-state index in [4.69, 9.17) is 13.9 Å². The van der Waals surface area contributed by atoms with Gasteiger partial charge in [-0.2, -0.15) is 0 Å². The molecule has 2 heterocycles. The molecule has 1 aliphatic rings. The Bertz CT molecular complexity index is 636. The van der Waals surface area contributed by atoms with Crippen LogP contribution in [0.15, 0.2) is 41.0 Å². The Kier molecular flexibility index (Phi) is 4.32. The number of benzene rings is 1. The van der Waals surface area contributed by atoms with E-state index in [1.807, 2.05) is 37.3 Å². The standard InChI is InChI=1S/C17H19NO4/c1-12(18-17(19)7-5-14-3-2-8-20-14)13-4-6-15-16(11-13)22-10-9-21-15/h2-4,6,8,11-12H,5,7,9-10H2,1H3,(H,18,19)/t12-/m1/s1. The van der Waals surface area contributed by atoms with E-state index < -0.39 is 0 Å². The highest BCUT2D eigenvalue weighted by molar-refractivity contribution is 5.76. The molecule has 1 N–H and O–H groups in total. The third-order valence-corrected chi connectivity index (χ3v) is 3.62. The summed E-state index contributed by atoms with van der Waals surface area (Å²) in [7, 11) is 0. The highest BCUT2D eigenvalue weighted by Crippen LogP contribution is 2.32. The van der Waals surface area contributed by atoms with Gasteiger partial charge in [0.1, 0.15) is 19.0 Å². The monoisotopic (exact) mass is 301 g/mol. The Hall–Kier alpha value is -2.43. The van der Waals surface area contributed by atoms with Crippen LogP contribution in [-0.4, -0.2) is 19.1 Å². The molecule has 0 unspecified atom stereocenters. The lowest BCUT2D eigenvalue weighted by Gasteiger charge is -2.21. The summed E-state index contributed by atoms with van der Waals surface area (Å²) in [5.74, 6) is 2.31. The first-order chi connectivity index (χ1) is 10.7. The molecular formula is C17H19NO4. The molecule has 5 heteroatoms. The second-order valence-corrected chi connectivity index (χ2v) is 5.27. The number of hydrogen-bond acceptors (Lipinski definition) is 4. The minimum Gasteiger partial charge on any atom is -0.486 e. The summed E-state index contributed by atoms with van der Waals surface area (Å²) in [4.78, 5) is 12.0. The number of nitrogens with one attached hydrogen (secondary N) is 1. The SMILES string of the molecule is C[C@@H](NC(=O)CCc1ccco1)c1ccc2c(c1)OCCO2. The summed E-state index contributed by atoms with van der Waals surface area (Å²) in [5, 5.41) is 2.99. The minimum atomic E-state index is -0.0834. The maximum atomic E-state index is 12.0. The maximum absolute atomic E-state index is 12.0. The van der Waals surface area contributed by atoms with Crippen molar-refractivity contribution in [3.63, 3.8) is 0 Å². The van der Waals surface area contributed by atoms with Crippen LogP contribution in [0, 0.1) is 0 Å². The molecule has 0 bridgehead atoms. The van der Waals surface area contributed by atoms with Crippen molar-refractivity contribution < 1.29 is 18.7 Å². The molecule has 3 rings (SSSR count). The molecule has 0 radical (unpaired) electrons. The molecule has 1 aliphatic heterocycles. The zero-order chi connectivity index (χ0) is 15.4. The van der Waals surface area contributed by atoms with Crippen molar-refractivity contribution in [3.05, 3.63) is 47.9 Å². The molecule has 22 heavy (non-hydrogen) atoms. The zero-order valence-corrected chi connectivity index (χ0v) is 12.5. The van der Waals surface area contributed by atoms with E-state index in [-0.39, 0.29) is 11.9 Å². The Morgan fingerprint density at radius 2 is 2.05 bits per heavy atom. The molecule has 0 aliphatic carbocycles. The average molecular weight is 301 g/mol. The van der Waals surface area contributed by atoms with Crippen LogP contribution in [-0.2, 0) is 11.2 Å². The highest BCUT2D eigenvalue weighted by Gasteiger charge is 2.15. The lowest BCUT2D eigenvalue weighted by atomic mass is 10.1. The van der Waals surface area contributed by atoms with E-state index in [1.165, 1.54) is 0 Å². The van der Waals surface area contributed by atoms with Gasteiger partial charge >= 0.3 is 0 Å². The number of ether oxygens (including phenoxy) is 2. The van der Waals surface area contributed by atoms with Gasteiger partial charge in [-0.3, -0.25) is 4.79 Å². The third kappa shape index (κ3) is 3.42. The number of rotatable bonds is 5. The molecule has 0 saturated heterocycles. The van der Waals surface area contributed by atoms with Gasteiger partial charge in [0.15, 0.2) is 11.5 Å². The Balaban J connectivity index is 1.56. The van der Waals surface area contributed by atoms with Crippen LogP contribution < -0.4 is 14.8 Å². The first-order valence-corrected chi connectivity index (χ1v) is 7.43. The number of amides is 1. The van der Waals surface area contributed by atoms with Crippen molar-refractivity contribution in [2.75, 3.05) is 13.2 Å². The molecule has 2 aromatic rings. The van der Waals surface area contributed by atoms with Crippen LogP contribution in [0.4, 0.5) is 0 Å². The molecule has 116 valence electrons. The fourth-order valence-corrected chi connectivity index (χ4v) is 2.42. The molecule has 1 aromatic carbocycles. The Morgan fingerprint density at radius 1 is 1.23 bits per heavy atom. The normalized spacial score (nSPS) is 14.4. The topological polar surface area (TPSA) is 60.7 Å². The molecular weight excluding hydrogens is 282 g/mol. The number of hydrogen-bond donors (Lipinski definition) is 1. The second-order valence-electron chi connectivity index (χ2n) is 5.27. The van der Waals surface area contributed by atoms with Crippen molar-refractivity contribution in [1.82, 2.24) is 5.32 Å². The third-order valence-electron chi connectivity index (χ3n) is 3.62. The van der Waals surface area contributed by atoms with Crippen molar-refractivity contribution in [1.29, 1.82) is 0 Å². The Morgan fingerprint density at radius 3 is 2.82 bits per heavy atom. The summed E-state index contributed by atoms with van der Waals surface area (Å²) in [6.07, 6.45) is 2.63. The van der Waals surface area contributed by atoms with Crippen LogP contribution >= 0.6 is 0 Å². The molecule has 0 fully saturated rings. The second kappa shape index (κ2) is 6.56.